The van der Waals surface area contributed by atoms with Crippen LogP contribution >= 0.6 is 0 Å². The number of piperidine rings is 1. The van der Waals surface area contributed by atoms with Gasteiger partial charge in [-0.3, -0.25) is 4.79 Å². The van der Waals surface area contributed by atoms with Gasteiger partial charge in [-0.15, -0.1) is 0 Å². The molecule has 1 aromatic heterocycles. The predicted octanol–water partition coefficient (Wildman–Crippen LogP) is 3.44. The fourth-order valence-corrected chi connectivity index (χ4v) is 4.86. The third kappa shape index (κ3) is 2.62. The van der Waals surface area contributed by atoms with Crippen molar-refractivity contribution in [3.63, 3.8) is 0 Å². The van der Waals surface area contributed by atoms with Crippen LogP contribution in [0.5, 0.6) is 0 Å². The Hall–Kier alpha value is -2.47. The Kier molecular flexibility index (Phi) is 3.72. The highest BCUT2D eigenvalue weighted by atomic mass is 19.1. The van der Waals surface area contributed by atoms with Crippen molar-refractivity contribution in [2.45, 2.75) is 38.0 Å². The molecule has 4 nitrogen and oxygen atoms in total. The normalized spacial score (nSPS) is 23.1. The van der Waals surface area contributed by atoms with Gasteiger partial charge >= 0.3 is 0 Å². The second-order valence-corrected chi connectivity index (χ2v) is 7.74. The van der Waals surface area contributed by atoms with Crippen LogP contribution in [0.25, 0.3) is 21.8 Å². The van der Waals surface area contributed by atoms with Gasteiger partial charge in [-0.05, 0) is 55.7 Å². The number of carbonyl (C=O) groups is 1. The molecule has 0 spiro atoms. The number of aromatic nitrogens is 1. The highest BCUT2D eigenvalue weighted by molar-refractivity contribution is 6.08. The van der Waals surface area contributed by atoms with E-state index in [0.717, 1.165) is 30.3 Å². The molecule has 3 atom stereocenters. The van der Waals surface area contributed by atoms with E-state index in [0.29, 0.717) is 17.3 Å². The molecule has 1 aliphatic carbocycles. The molecular weight excluding hydrogens is 350 g/mol. The Morgan fingerprint density at radius 1 is 1.00 bits per heavy atom. The Labute approximate surface area is 155 Å². The van der Waals surface area contributed by atoms with Crippen LogP contribution in [0, 0.1) is 17.6 Å². The van der Waals surface area contributed by atoms with Gasteiger partial charge in [0.15, 0.2) is 0 Å². The molecule has 1 amide bonds. The SMILES string of the molecule is O=C1[C@@H]2CC[C@@H](C2)N1C[C@H](O)Cn1c2ccc(F)cc2c2cc(F)ccc21. The minimum atomic E-state index is -0.748. The first-order valence-electron chi connectivity index (χ1n) is 9.37. The second kappa shape index (κ2) is 6.02. The molecule has 2 fully saturated rings. The van der Waals surface area contributed by atoms with E-state index < -0.39 is 6.10 Å². The first-order valence-corrected chi connectivity index (χ1v) is 9.37. The van der Waals surface area contributed by atoms with Crippen molar-refractivity contribution in [1.82, 2.24) is 9.47 Å². The van der Waals surface area contributed by atoms with Crippen LogP contribution in [0.1, 0.15) is 19.3 Å². The monoisotopic (exact) mass is 370 g/mol. The minimum absolute atomic E-state index is 0.126. The number of halogens is 2. The summed E-state index contributed by atoms with van der Waals surface area (Å²) in [6.07, 6.45) is 2.12. The maximum absolute atomic E-state index is 13.7. The lowest BCUT2D eigenvalue weighted by Gasteiger charge is -2.29. The molecule has 2 aliphatic rings. The smallest absolute Gasteiger partial charge is 0.226 e. The number of rotatable bonds is 4. The zero-order valence-electron chi connectivity index (χ0n) is 14.7. The summed E-state index contributed by atoms with van der Waals surface area (Å²) in [7, 11) is 0. The van der Waals surface area contributed by atoms with Crippen LogP contribution in [0.4, 0.5) is 8.78 Å². The fourth-order valence-electron chi connectivity index (χ4n) is 4.86. The summed E-state index contributed by atoms with van der Waals surface area (Å²) >= 11 is 0. The largest absolute Gasteiger partial charge is 0.389 e. The second-order valence-electron chi connectivity index (χ2n) is 7.74. The molecular formula is C21H20F2N2O2. The molecule has 140 valence electrons. The molecule has 1 saturated carbocycles. The molecule has 1 N–H and O–H groups in total. The van der Waals surface area contributed by atoms with Crippen LogP contribution in [-0.2, 0) is 11.3 Å². The van der Waals surface area contributed by atoms with E-state index in [2.05, 4.69) is 0 Å². The van der Waals surface area contributed by atoms with Crippen molar-refractivity contribution >= 4 is 27.7 Å². The topological polar surface area (TPSA) is 45.5 Å². The van der Waals surface area contributed by atoms with Crippen LogP contribution in [-0.4, -0.2) is 39.2 Å². The Morgan fingerprint density at radius 2 is 1.63 bits per heavy atom. The number of aliphatic hydroxyl groups excluding tert-OH is 1. The summed E-state index contributed by atoms with van der Waals surface area (Å²) in [4.78, 5) is 14.1. The standard InChI is InChI=1S/C21H20F2N2O2/c22-13-2-5-19-17(8-13)18-9-14(23)3-6-20(18)25(19)11-16(26)10-24-15-4-1-12(7-15)21(24)27/h2-3,5-6,8-9,12,15-16,26H,1,4,7,10-11H2/t12-,15+,16+/m1/s1. The Bertz CT molecular complexity index is 1000. The average molecular weight is 370 g/mol. The zero-order valence-corrected chi connectivity index (χ0v) is 14.7. The van der Waals surface area contributed by atoms with Crippen molar-refractivity contribution in [3.05, 3.63) is 48.0 Å². The summed E-state index contributed by atoms with van der Waals surface area (Å²) < 4.78 is 29.4. The Morgan fingerprint density at radius 3 is 2.19 bits per heavy atom. The van der Waals surface area contributed by atoms with Gasteiger partial charge in [0, 0.05) is 40.3 Å². The molecule has 1 saturated heterocycles. The number of benzene rings is 2. The van der Waals surface area contributed by atoms with Crippen molar-refractivity contribution in [2.24, 2.45) is 5.92 Å². The number of fused-ring (bicyclic) bond motifs is 5. The number of amides is 1. The average Bonchev–Trinajstić information content (AvgIpc) is 3.30. The van der Waals surface area contributed by atoms with Gasteiger partial charge in [0.1, 0.15) is 11.6 Å². The highest BCUT2D eigenvalue weighted by Gasteiger charge is 2.44. The molecule has 2 aromatic carbocycles. The molecule has 27 heavy (non-hydrogen) atoms. The molecule has 5 rings (SSSR count). The number of carbonyl (C=O) groups excluding carboxylic acids is 1. The van der Waals surface area contributed by atoms with Gasteiger partial charge in [-0.25, -0.2) is 8.78 Å². The van der Waals surface area contributed by atoms with E-state index in [9.17, 15) is 18.7 Å². The third-order valence-electron chi connectivity index (χ3n) is 6.07. The quantitative estimate of drug-likeness (QED) is 0.765. The lowest BCUT2D eigenvalue weighted by atomic mass is 10.1. The number of β-amino-alcohol motifs (C(OH)–C–C–N with tert-alkyl or cyclic N) is 1. The van der Waals surface area contributed by atoms with Crippen molar-refractivity contribution in [2.75, 3.05) is 6.54 Å². The first-order chi connectivity index (χ1) is 13.0. The van der Waals surface area contributed by atoms with Crippen LogP contribution in [0.15, 0.2) is 36.4 Å². The number of hydrogen-bond acceptors (Lipinski definition) is 2. The summed E-state index contributed by atoms with van der Waals surface area (Å²) in [5.74, 6) is -0.492. The van der Waals surface area contributed by atoms with Gasteiger partial charge in [0.25, 0.3) is 0 Å². The van der Waals surface area contributed by atoms with Crippen LogP contribution in [0.3, 0.4) is 0 Å². The van der Waals surface area contributed by atoms with Crippen molar-refractivity contribution in [3.8, 4) is 0 Å². The number of hydrogen-bond donors (Lipinski definition) is 1. The molecule has 6 heteroatoms. The number of likely N-dealkylation sites (tertiary alicyclic amines) is 1. The molecule has 2 heterocycles. The summed E-state index contributed by atoms with van der Waals surface area (Å²) in [6, 6.07) is 9.06. The van der Waals surface area contributed by atoms with Crippen molar-refractivity contribution < 1.29 is 18.7 Å². The van der Waals surface area contributed by atoms with E-state index in [4.69, 9.17) is 0 Å². The maximum Gasteiger partial charge on any atom is 0.226 e. The number of nitrogens with zero attached hydrogens (tertiary/aromatic N) is 2. The predicted molar refractivity (Wildman–Crippen MR) is 98.2 cm³/mol. The maximum atomic E-state index is 13.7. The fraction of sp³-hybridized carbons (Fsp3) is 0.381. The zero-order chi connectivity index (χ0) is 18.7. The van der Waals surface area contributed by atoms with E-state index in [1.165, 1.54) is 24.3 Å². The van der Waals surface area contributed by atoms with Crippen LogP contribution in [0.2, 0.25) is 0 Å². The van der Waals surface area contributed by atoms with Gasteiger partial charge < -0.3 is 14.6 Å². The lowest BCUT2D eigenvalue weighted by Crippen LogP contribution is -2.43. The molecule has 2 bridgehead atoms. The lowest BCUT2D eigenvalue weighted by molar-refractivity contribution is -0.135. The molecule has 1 aliphatic heterocycles. The van der Waals surface area contributed by atoms with E-state index in [-0.39, 0.29) is 36.0 Å². The molecule has 0 unspecified atom stereocenters. The summed E-state index contributed by atoms with van der Waals surface area (Å²) in [6.45, 7) is 0.558. The minimum Gasteiger partial charge on any atom is -0.389 e. The van der Waals surface area contributed by atoms with Gasteiger partial charge in [-0.1, -0.05) is 0 Å². The third-order valence-corrected chi connectivity index (χ3v) is 6.07. The molecule has 0 radical (unpaired) electrons. The van der Waals surface area contributed by atoms with Crippen molar-refractivity contribution in [1.29, 1.82) is 0 Å². The van der Waals surface area contributed by atoms with Gasteiger partial charge in [0.2, 0.25) is 5.91 Å². The van der Waals surface area contributed by atoms with E-state index >= 15 is 0 Å². The summed E-state index contributed by atoms with van der Waals surface area (Å²) in [5, 5.41) is 11.9. The summed E-state index contributed by atoms with van der Waals surface area (Å²) in [5.41, 5.74) is 1.48. The van der Waals surface area contributed by atoms with E-state index in [1.54, 1.807) is 12.1 Å². The number of aliphatic hydroxyl groups is 1. The van der Waals surface area contributed by atoms with Crippen LogP contribution < -0.4 is 0 Å². The van der Waals surface area contributed by atoms with Gasteiger partial charge in [0.05, 0.1) is 12.6 Å². The van der Waals surface area contributed by atoms with E-state index in [1.807, 2.05) is 9.47 Å². The Balaban J connectivity index is 1.49. The molecule has 3 aromatic rings. The van der Waals surface area contributed by atoms with Gasteiger partial charge in [-0.2, -0.15) is 0 Å². The first kappa shape index (κ1) is 16.7. The highest BCUT2D eigenvalue weighted by Crippen LogP contribution is 2.38.